The Labute approximate surface area is 58.2 Å². The average Bonchev–Trinajstić information content (AvgIpc) is 1.41. The maximum atomic E-state index is 4.55. The quantitative estimate of drug-likeness (QED) is 0.340. The SMILES string of the molecule is C[O][Al][O]C.[H-].[Li+]. The number of rotatable bonds is 2. The van der Waals surface area contributed by atoms with Crippen LogP contribution in [0.5, 0.6) is 0 Å². The van der Waals surface area contributed by atoms with E-state index < -0.39 is 0 Å². The van der Waals surface area contributed by atoms with Gasteiger partial charge >= 0.3 is 34.7 Å². The van der Waals surface area contributed by atoms with Crippen molar-refractivity contribution in [2.75, 3.05) is 14.2 Å². The largest absolute Gasteiger partial charge is 1.00 e. The van der Waals surface area contributed by atoms with Crippen LogP contribution in [0.1, 0.15) is 1.43 Å². The molecule has 1 radical (unpaired) electrons. The van der Waals surface area contributed by atoms with E-state index in [1.807, 2.05) is 0 Å². The molecule has 0 atom stereocenters. The van der Waals surface area contributed by atoms with E-state index in [4.69, 9.17) is 0 Å². The first-order valence-electron chi connectivity index (χ1n) is 1.29. The Hall–Kier alpha value is 1.05. The van der Waals surface area contributed by atoms with Crippen LogP contribution >= 0.6 is 0 Å². The van der Waals surface area contributed by atoms with Crippen LogP contribution < -0.4 is 18.9 Å². The summed E-state index contributed by atoms with van der Waals surface area (Å²) in [6.07, 6.45) is 0. The van der Waals surface area contributed by atoms with Crippen LogP contribution in [0.3, 0.4) is 0 Å². The van der Waals surface area contributed by atoms with Crippen molar-refractivity contribution in [2.24, 2.45) is 0 Å². The Morgan fingerprint density at radius 1 is 1.33 bits per heavy atom. The Morgan fingerprint density at radius 2 is 1.67 bits per heavy atom. The summed E-state index contributed by atoms with van der Waals surface area (Å²) in [6, 6.07) is 0. The number of hydrogen-bond donors (Lipinski definition) is 0. The van der Waals surface area contributed by atoms with Gasteiger partial charge < -0.3 is 9.00 Å². The molecule has 2 nitrogen and oxygen atoms in total. The molecule has 0 amide bonds. The molecule has 0 aromatic carbocycles. The van der Waals surface area contributed by atoms with Crippen LogP contribution in [0.4, 0.5) is 0 Å². The van der Waals surface area contributed by atoms with Gasteiger partial charge in [-0.05, 0) is 0 Å². The second-order valence-electron chi connectivity index (χ2n) is 0.568. The van der Waals surface area contributed by atoms with Gasteiger partial charge in [0.05, 0.1) is 0 Å². The maximum Gasteiger partial charge on any atom is 1.00 e. The van der Waals surface area contributed by atoms with Gasteiger partial charge in [-0.1, -0.05) is 0 Å². The molecule has 0 aliphatic heterocycles. The zero-order chi connectivity index (χ0) is 4.12. The summed E-state index contributed by atoms with van der Waals surface area (Å²) in [5.41, 5.74) is 0. The molecule has 0 aromatic rings. The molecular weight excluding hydrogens is 89.9 g/mol. The molecule has 0 N–H and O–H groups in total. The molecule has 6 heavy (non-hydrogen) atoms. The number of hydrogen-bond acceptors (Lipinski definition) is 2. The van der Waals surface area contributed by atoms with Crippen molar-refractivity contribution >= 4 is 15.9 Å². The van der Waals surface area contributed by atoms with E-state index >= 15 is 0 Å². The van der Waals surface area contributed by atoms with Gasteiger partial charge in [-0.2, -0.15) is 0 Å². The van der Waals surface area contributed by atoms with E-state index in [9.17, 15) is 0 Å². The predicted molar refractivity (Wildman–Crippen MR) is 20.9 cm³/mol. The molecule has 0 aliphatic carbocycles. The predicted octanol–water partition coefficient (Wildman–Crippen LogP) is -3.07. The Morgan fingerprint density at radius 3 is 1.67 bits per heavy atom. The van der Waals surface area contributed by atoms with Crippen LogP contribution in [-0.4, -0.2) is 30.1 Å². The smallest absolute Gasteiger partial charge is 1.00 e. The first-order chi connectivity index (χ1) is 2.41. The van der Waals surface area contributed by atoms with Crippen molar-refractivity contribution in [2.45, 2.75) is 0 Å². The average molecular weight is 97.0 g/mol. The van der Waals surface area contributed by atoms with E-state index in [0.717, 1.165) is 0 Å². The van der Waals surface area contributed by atoms with E-state index in [1.54, 1.807) is 14.2 Å². The molecule has 0 fully saturated rings. The summed E-state index contributed by atoms with van der Waals surface area (Å²) in [5.74, 6) is 0. The van der Waals surface area contributed by atoms with E-state index in [-0.39, 0.29) is 36.2 Å². The van der Waals surface area contributed by atoms with Gasteiger partial charge in [0.15, 0.2) is 0 Å². The van der Waals surface area contributed by atoms with Crippen LogP contribution in [0.15, 0.2) is 0 Å². The summed E-state index contributed by atoms with van der Waals surface area (Å²) in [4.78, 5) is 0. The summed E-state index contributed by atoms with van der Waals surface area (Å²) in [6.45, 7) is 0. The first-order valence-corrected chi connectivity index (χ1v) is 2.23. The van der Waals surface area contributed by atoms with Crippen LogP contribution in [0, 0.1) is 0 Å². The molecule has 0 spiro atoms. The Bertz CT molecular complexity index is 23.2. The molecular formula is C2H7AlLiO2. The molecule has 0 unspecified atom stereocenters. The zero-order valence-electron chi connectivity index (χ0n) is 5.39. The van der Waals surface area contributed by atoms with Crippen molar-refractivity contribution in [1.29, 1.82) is 0 Å². The maximum absolute atomic E-state index is 4.55. The standard InChI is InChI=1S/2CH3O.Al.Li.H/c2*1-2;;;/h2*1H3;;;/q2*-1;+2;+1;-1. The van der Waals surface area contributed by atoms with Crippen molar-refractivity contribution < 1.29 is 27.9 Å². The summed E-state index contributed by atoms with van der Waals surface area (Å²) in [7, 11) is 3.25. The van der Waals surface area contributed by atoms with Gasteiger partial charge in [-0.15, -0.1) is 0 Å². The Kier molecular flexibility index (Phi) is 15.9. The van der Waals surface area contributed by atoms with E-state index in [1.165, 1.54) is 0 Å². The molecule has 0 aliphatic rings. The second kappa shape index (κ2) is 9.41. The minimum absolute atomic E-state index is 0. The van der Waals surface area contributed by atoms with Crippen LogP contribution in [0.2, 0.25) is 0 Å². The van der Waals surface area contributed by atoms with E-state index in [2.05, 4.69) is 7.58 Å². The van der Waals surface area contributed by atoms with Gasteiger partial charge in [0, 0.05) is 14.2 Å². The van der Waals surface area contributed by atoms with E-state index in [0.29, 0.717) is 0 Å². The first kappa shape index (κ1) is 10.1. The van der Waals surface area contributed by atoms with Crippen molar-refractivity contribution in [3.8, 4) is 0 Å². The second-order valence-corrected chi connectivity index (χ2v) is 1.70. The van der Waals surface area contributed by atoms with Gasteiger partial charge in [-0.25, -0.2) is 0 Å². The van der Waals surface area contributed by atoms with Crippen LogP contribution in [-0.2, 0) is 7.58 Å². The third-order valence-electron chi connectivity index (χ3n) is 0.192. The van der Waals surface area contributed by atoms with Crippen molar-refractivity contribution in [3.63, 3.8) is 0 Å². The minimum atomic E-state index is -0.185. The molecule has 0 saturated carbocycles. The molecule has 0 saturated heterocycles. The summed E-state index contributed by atoms with van der Waals surface area (Å²) in [5, 5.41) is 0. The third kappa shape index (κ3) is 8.90. The zero-order valence-corrected chi connectivity index (χ0v) is 5.55. The summed E-state index contributed by atoms with van der Waals surface area (Å²) < 4.78 is 9.10. The molecule has 0 aromatic heterocycles. The van der Waals surface area contributed by atoms with Gasteiger partial charge in [0.25, 0.3) is 0 Å². The molecule has 0 bridgehead atoms. The monoisotopic (exact) mass is 97.0 g/mol. The summed E-state index contributed by atoms with van der Waals surface area (Å²) >= 11 is -0.185. The topological polar surface area (TPSA) is 18.5 Å². The molecule has 0 rings (SSSR count). The van der Waals surface area contributed by atoms with Gasteiger partial charge in [0.2, 0.25) is 0 Å². The normalized spacial score (nSPS) is 6.33. The third-order valence-corrected chi connectivity index (χ3v) is 0.577. The van der Waals surface area contributed by atoms with Crippen LogP contribution in [0.25, 0.3) is 0 Å². The fourth-order valence-electron chi connectivity index (χ4n) is 0.0962. The molecule has 4 heteroatoms. The fourth-order valence-corrected chi connectivity index (χ4v) is 0.289. The Balaban J connectivity index is -0.0000000800. The van der Waals surface area contributed by atoms with Crippen molar-refractivity contribution in [1.82, 2.24) is 0 Å². The van der Waals surface area contributed by atoms with Gasteiger partial charge in [-0.3, -0.25) is 0 Å². The molecule has 0 heterocycles. The van der Waals surface area contributed by atoms with Gasteiger partial charge in [0.1, 0.15) is 0 Å². The van der Waals surface area contributed by atoms with Crippen molar-refractivity contribution in [3.05, 3.63) is 0 Å². The minimum Gasteiger partial charge on any atom is -1.00 e. The fraction of sp³-hybridized carbons (Fsp3) is 1.00. The molecule has 31 valence electrons.